The first-order valence-electron chi connectivity index (χ1n) is 10.4. The van der Waals surface area contributed by atoms with Gasteiger partial charge in [-0.1, -0.05) is 19.9 Å². The van der Waals surface area contributed by atoms with Crippen molar-refractivity contribution < 1.29 is 14.9 Å². The van der Waals surface area contributed by atoms with E-state index in [1.807, 2.05) is 0 Å². The number of rotatable bonds is 2. The Morgan fingerprint density at radius 3 is 2.77 bits per heavy atom. The number of benzene rings is 1. The summed E-state index contributed by atoms with van der Waals surface area (Å²) < 4.78 is 6.49. The second kappa shape index (κ2) is 4.59. The van der Waals surface area contributed by atoms with Gasteiger partial charge in [-0.2, -0.15) is 0 Å². The molecule has 0 unspecified atom stereocenters. The van der Waals surface area contributed by atoms with E-state index in [0.29, 0.717) is 5.75 Å². The van der Waals surface area contributed by atoms with Crippen LogP contribution in [0.15, 0.2) is 12.1 Å². The molecular weight excluding hydrogens is 326 g/mol. The number of hydrogen-bond acceptors (Lipinski definition) is 4. The molecule has 2 N–H and O–H groups in total. The highest BCUT2D eigenvalue weighted by molar-refractivity contribution is 5.62. The Bertz CT molecular complexity index is 801. The fourth-order valence-corrected chi connectivity index (χ4v) is 6.95. The minimum atomic E-state index is -0.744. The fraction of sp³-hybridized carbons (Fsp3) is 0.727. The molecule has 6 rings (SSSR count). The Hall–Kier alpha value is -1.26. The van der Waals surface area contributed by atoms with E-state index in [1.54, 1.807) is 6.07 Å². The zero-order chi connectivity index (χ0) is 17.9. The van der Waals surface area contributed by atoms with Crippen LogP contribution in [0.25, 0.3) is 0 Å². The van der Waals surface area contributed by atoms with Crippen LogP contribution in [0.2, 0.25) is 0 Å². The summed E-state index contributed by atoms with van der Waals surface area (Å²) in [4.78, 5) is 2.59. The average molecular weight is 355 g/mol. The van der Waals surface area contributed by atoms with Crippen LogP contribution in [0.1, 0.15) is 57.1 Å². The van der Waals surface area contributed by atoms with Crippen molar-refractivity contribution in [1.29, 1.82) is 0 Å². The third-order valence-corrected chi connectivity index (χ3v) is 8.37. The highest BCUT2D eigenvalue weighted by Gasteiger charge is 2.74. The second-order valence-electron chi connectivity index (χ2n) is 10.2. The van der Waals surface area contributed by atoms with Gasteiger partial charge in [0.05, 0.1) is 11.0 Å². The molecule has 4 atom stereocenters. The molecule has 5 aliphatic rings. The van der Waals surface area contributed by atoms with E-state index in [0.717, 1.165) is 50.3 Å². The zero-order valence-electron chi connectivity index (χ0n) is 15.8. The number of phenols is 1. The highest BCUT2D eigenvalue weighted by Crippen LogP contribution is 2.68. The Kier molecular flexibility index (Phi) is 2.78. The van der Waals surface area contributed by atoms with Gasteiger partial charge in [0.15, 0.2) is 11.5 Å². The fourth-order valence-electron chi connectivity index (χ4n) is 6.95. The summed E-state index contributed by atoms with van der Waals surface area (Å²) >= 11 is 0. The van der Waals surface area contributed by atoms with Gasteiger partial charge in [-0.15, -0.1) is 0 Å². The van der Waals surface area contributed by atoms with Gasteiger partial charge in [0.2, 0.25) is 0 Å². The smallest absolute Gasteiger partial charge is 0.165 e. The van der Waals surface area contributed by atoms with Crippen molar-refractivity contribution in [2.75, 3.05) is 13.1 Å². The van der Waals surface area contributed by atoms with Crippen molar-refractivity contribution in [3.63, 3.8) is 0 Å². The molecule has 2 heterocycles. The molecule has 1 aromatic rings. The van der Waals surface area contributed by atoms with Crippen molar-refractivity contribution in [3.05, 3.63) is 23.3 Å². The van der Waals surface area contributed by atoms with Gasteiger partial charge in [0.25, 0.3) is 0 Å². The van der Waals surface area contributed by atoms with Gasteiger partial charge >= 0.3 is 0 Å². The molecule has 3 fully saturated rings. The SMILES string of the molecule is CC1(C)CC[C@@]2(O)[C@H]3Cc4ccc(O)c5c4[C@@]2(CCN3CC2CC2)[C@H]1O5. The predicted molar refractivity (Wildman–Crippen MR) is 98.6 cm³/mol. The summed E-state index contributed by atoms with van der Waals surface area (Å²) in [6.45, 7) is 6.72. The molecule has 2 saturated carbocycles. The van der Waals surface area contributed by atoms with Gasteiger partial charge in [0.1, 0.15) is 6.10 Å². The first-order valence-corrected chi connectivity index (χ1v) is 10.4. The summed E-state index contributed by atoms with van der Waals surface area (Å²) in [5.41, 5.74) is 1.32. The molecule has 1 spiro atoms. The molecule has 4 heteroatoms. The number of phenolic OH excluding ortho intramolecular Hbond substituents is 1. The lowest BCUT2D eigenvalue weighted by atomic mass is 9.45. The number of aliphatic hydroxyl groups is 1. The van der Waals surface area contributed by atoms with Crippen LogP contribution in [-0.2, 0) is 11.8 Å². The van der Waals surface area contributed by atoms with Crippen LogP contribution in [0.3, 0.4) is 0 Å². The largest absolute Gasteiger partial charge is 0.504 e. The molecule has 0 radical (unpaired) electrons. The van der Waals surface area contributed by atoms with Crippen molar-refractivity contribution in [1.82, 2.24) is 4.90 Å². The zero-order valence-corrected chi connectivity index (χ0v) is 15.8. The van der Waals surface area contributed by atoms with Gasteiger partial charge in [-0.3, -0.25) is 4.90 Å². The molecule has 4 nitrogen and oxygen atoms in total. The van der Waals surface area contributed by atoms with Crippen LogP contribution in [-0.4, -0.2) is 45.9 Å². The highest BCUT2D eigenvalue weighted by atomic mass is 16.5. The summed E-state index contributed by atoms with van der Waals surface area (Å²) in [6.07, 6.45) is 6.25. The van der Waals surface area contributed by atoms with Crippen molar-refractivity contribution >= 4 is 0 Å². The van der Waals surface area contributed by atoms with E-state index < -0.39 is 5.60 Å². The average Bonchev–Trinajstić information content (AvgIpc) is 3.32. The molecule has 0 amide bonds. The van der Waals surface area contributed by atoms with Crippen LogP contribution in [0.4, 0.5) is 0 Å². The van der Waals surface area contributed by atoms with Crippen molar-refractivity contribution in [2.24, 2.45) is 11.3 Å². The van der Waals surface area contributed by atoms with Crippen LogP contribution in [0, 0.1) is 11.3 Å². The molecule has 1 saturated heterocycles. The van der Waals surface area contributed by atoms with E-state index in [1.165, 1.54) is 18.4 Å². The Labute approximate surface area is 155 Å². The molecule has 1 aromatic carbocycles. The maximum atomic E-state index is 12.2. The molecule has 140 valence electrons. The van der Waals surface area contributed by atoms with E-state index in [2.05, 4.69) is 24.8 Å². The van der Waals surface area contributed by atoms with E-state index in [-0.39, 0.29) is 28.7 Å². The van der Waals surface area contributed by atoms with E-state index >= 15 is 0 Å². The maximum Gasteiger partial charge on any atom is 0.165 e. The molecule has 2 aliphatic heterocycles. The summed E-state index contributed by atoms with van der Waals surface area (Å²) in [6, 6.07) is 4.05. The minimum absolute atomic E-state index is 0.00445. The van der Waals surface area contributed by atoms with Crippen LogP contribution >= 0.6 is 0 Å². The maximum absolute atomic E-state index is 12.2. The number of nitrogens with zero attached hydrogens (tertiary/aromatic N) is 1. The standard InChI is InChI=1S/C22H29NO3/c1-20(2)7-8-22(25)16-11-14-5-6-15(24)18-17(14)21(22,19(20)26-18)9-10-23(16)12-13-3-4-13/h5-6,13,16,19,24-25H,3-4,7-12H2,1-2H3/t16-,19+,21+,22-/m1/s1. The molecular formula is C22H29NO3. The first-order chi connectivity index (χ1) is 12.4. The minimum Gasteiger partial charge on any atom is -0.504 e. The third kappa shape index (κ3) is 1.65. The number of likely N-dealkylation sites (tertiary alicyclic amines) is 1. The number of hydrogen-bond donors (Lipinski definition) is 2. The summed E-state index contributed by atoms with van der Waals surface area (Å²) in [7, 11) is 0. The second-order valence-corrected chi connectivity index (χ2v) is 10.2. The van der Waals surface area contributed by atoms with Crippen molar-refractivity contribution in [3.8, 4) is 11.5 Å². The first kappa shape index (κ1) is 15.8. The van der Waals surface area contributed by atoms with Gasteiger partial charge in [0, 0.05) is 23.6 Å². The molecule has 0 aromatic heterocycles. The lowest BCUT2D eigenvalue weighted by molar-refractivity contribution is -0.211. The topological polar surface area (TPSA) is 52.9 Å². The van der Waals surface area contributed by atoms with Gasteiger partial charge in [-0.05, 0) is 62.6 Å². The summed E-state index contributed by atoms with van der Waals surface area (Å²) in [5, 5.41) is 22.8. The van der Waals surface area contributed by atoms with Gasteiger partial charge in [-0.25, -0.2) is 0 Å². The number of piperidine rings is 1. The number of ether oxygens (including phenoxy) is 1. The predicted octanol–water partition coefficient (Wildman–Crippen LogP) is 2.98. The van der Waals surface area contributed by atoms with E-state index in [4.69, 9.17) is 4.74 Å². The number of aromatic hydroxyl groups is 1. The monoisotopic (exact) mass is 355 g/mol. The summed E-state index contributed by atoms with van der Waals surface area (Å²) in [5.74, 6) is 1.74. The lowest BCUT2D eigenvalue weighted by Gasteiger charge is -2.65. The van der Waals surface area contributed by atoms with E-state index in [9.17, 15) is 10.2 Å². The third-order valence-electron chi connectivity index (χ3n) is 8.37. The normalized spacial score (nSPS) is 42.3. The van der Waals surface area contributed by atoms with Gasteiger partial charge < -0.3 is 14.9 Å². The molecule has 26 heavy (non-hydrogen) atoms. The van der Waals surface area contributed by atoms with Crippen molar-refractivity contribution in [2.45, 2.75) is 75.5 Å². The molecule has 3 aliphatic carbocycles. The Morgan fingerprint density at radius 2 is 2.00 bits per heavy atom. The van der Waals surface area contributed by atoms with Crippen LogP contribution < -0.4 is 4.74 Å². The quantitative estimate of drug-likeness (QED) is 0.856. The molecule has 2 bridgehead atoms. The lowest BCUT2D eigenvalue weighted by Crippen LogP contribution is -2.77. The Balaban J connectivity index is 1.58. The Morgan fingerprint density at radius 1 is 1.19 bits per heavy atom. The van der Waals surface area contributed by atoms with Crippen LogP contribution in [0.5, 0.6) is 11.5 Å².